The van der Waals surface area contributed by atoms with E-state index < -0.39 is 16.8 Å². The van der Waals surface area contributed by atoms with Crippen LogP contribution >= 0.6 is 0 Å². The molecule has 1 saturated heterocycles. The van der Waals surface area contributed by atoms with Gasteiger partial charge in [-0.2, -0.15) is 10.1 Å². The number of hydrazone groups is 1. The Morgan fingerprint density at radius 1 is 0.757 bits per heavy atom. The molecule has 2 bridgehead atoms. The van der Waals surface area contributed by atoms with E-state index in [1.807, 2.05) is 24.3 Å². The van der Waals surface area contributed by atoms with Crippen LogP contribution in [0.4, 0.5) is 5.69 Å². The molecule has 2 amide bonds. The van der Waals surface area contributed by atoms with E-state index in [4.69, 9.17) is 4.42 Å². The lowest BCUT2D eigenvalue weighted by Crippen LogP contribution is -2.41. The van der Waals surface area contributed by atoms with Crippen LogP contribution in [0.15, 0.2) is 94.4 Å². The van der Waals surface area contributed by atoms with E-state index in [0.29, 0.717) is 11.3 Å². The molecule has 37 heavy (non-hydrogen) atoms. The highest BCUT2D eigenvalue weighted by molar-refractivity contribution is 6.08. The Hall–Kier alpha value is -4.85. The van der Waals surface area contributed by atoms with E-state index in [0.717, 1.165) is 27.3 Å². The molecule has 4 aliphatic rings. The lowest BCUT2D eigenvalue weighted by Gasteiger charge is -2.45. The van der Waals surface area contributed by atoms with Crippen molar-refractivity contribution in [3.05, 3.63) is 123 Å². The summed E-state index contributed by atoms with van der Waals surface area (Å²) in [5.41, 5.74) is 4.64. The third-order valence-electron chi connectivity index (χ3n) is 7.72. The number of hydrogen-bond donors (Lipinski definition) is 0. The van der Waals surface area contributed by atoms with Gasteiger partial charge in [-0.15, -0.1) is 0 Å². The van der Waals surface area contributed by atoms with E-state index >= 15 is 0 Å². The van der Waals surface area contributed by atoms with Crippen LogP contribution in [-0.2, 0) is 9.59 Å². The van der Waals surface area contributed by atoms with E-state index in [1.165, 1.54) is 12.3 Å². The maximum atomic E-state index is 13.6. The van der Waals surface area contributed by atoms with Crippen molar-refractivity contribution < 1.29 is 18.9 Å². The third kappa shape index (κ3) is 2.99. The molecule has 1 fully saturated rings. The van der Waals surface area contributed by atoms with Crippen molar-refractivity contribution in [2.45, 2.75) is 11.8 Å². The largest absolute Gasteiger partial charge is 0.455 e. The molecule has 0 radical (unpaired) electrons. The quantitative estimate of drug-likeness (QED) is 0.172. The smallest absolute Gasteiger partial charge is 0.280 e. The highest BCUT2D eigenvalue weighted by Crippen LogP contribution is 2.60. The number of carbonyl (C=O) groups is 2. The first-order chi connectivity index (χ1) is 18.0. The number of carbonyl (C=O) groups excluding carboxylic acids is 2. The number of furan rings is 1. The van der Waals surface area contributed by atoms with Gasteiger partial charge in [-0.25, -0.2) is 0 Å². The normalized spacial score (nSPS) is 23.3. The Morgan fingerprint density at radius 2 is 1.27 bits per heavy atom. The standard InChI is InChI=1S/C29H19N3O5/c33-28-26-24-17-7-1-2-8-18(17)25(20-10-4-3-9-19(20)24)27(26)29(34)31(28)30-15-16-13-14-23(37-16)21-11-5-6-12-22(21)32(35)36/h1-15,24-27H/b30-15+. The van der Waals surface area contributed by atoms with Gasteiger partial charge in [-0.1, -0.05) is 60.7 Å². The Balaban J connectivity index is 1.23. The van der Waals surface area contributed by atoms with Crippen LogP contribution in [0.5, 0.6) is 0 Å². The van der Waals surface area contributed by atoms with E-state index in [-0.39, 0.29) is 35.1 Å². The van der Waals surface area contributed by atoms with Crippen LogP contribution in [0.25, 0.3) is 11.3 Å². The molecule has 8 rings (SSSR count). The van der Waals surface area contributed by atoms with Gasteiger partial charge in [-0.05, 0) is 40.5 Å². The van der Waals surface area contributed by atoms with Crippen molar-refractivity contribution >= 4 is 23.7 Å². The summed E-state index contributed by atoms with van der Waals surface area (Å²) in [4.78, 5) is 38.1. The van der Waals surface area contributed by atoms with Gasteiger partial charge in [-0.3, -0.25) is 19.7 Å². The van der Waals surface area contributed by atoms with Crippen LogP contribution in [-0.4, -0.2) is 28.0 Å². The van der Waals surface area contributed by atoms with E-state index in [9.17, 15) is 19.7 Å². The summed E-state index contributed by atoms with van der Waals surface area (Å²) in [6.07, 6.45) is 1.31. The fourth-order valence-corrected chi connectivity index (χ4v) is 6.30. The second kappa shape index (κ2) is 7.83. The zero-order valence-electron chi connectivity index (χ0n) is 19.4. The molecule has 3 aliphatic carbocycles. The summed E-state index contributed by atoms with van der Waals surface area (Å²) < 4.78 is 5.76. The zero-order chi connectivity index (χ0) is 25.3. The molecule has 3 aromatic carbocycles. The Bertz CT molecular complexity index is 1540. The van der Waals surface area contributed by atoms with Crippen molar-refractivity contribution in [2.24, 2.45) is 16.9 Å². The van der Waals surface area contributed by atoms with Crippen molar-refractivity contribution in [1.82, 2.24) is 5.01 Å². The molecule has 8 nitrogen and oxygen atoms in total. The van der Waals surface area contributed by atoms with Gasteiger partial charge in [0.05, 0.1) is 28.5 Å². The number of imide groups is 1. The maximum absolute atomic E-state index is 13.6. The summed E-state index contributed by atoms with van der Waals surface area (Å²) in [5.74, 6) is -1.51. The minimum absolute atomic E-state index is 0.0797. The molecule has 0 N–H and O–H groups in total. The molecular formula is C29H19N3O5. The summed E-state index contributed by atoms with van der Waals surface area (Å²) in [7, 11) is 0. The molecule has 180 valence electrons. The van der Waals surface area contributed by atoms with Crippen LogP contribution in [0.1, 0.15) is 39.8 Å². The lowest BCUT2D eigenvalue weighted by molar-refractivity contribution is -0.384. The summed E-state index contributed by atoms with van der Waals surface area (Å²) >= 11 is 0. The van der Waals surface area contributed by atoms with Gasteiger partial charge < -0.3 is 4.42 Å². The predicted octanol–water partition coefficient (Wildman–Crippen LogP) is 5.08. The zero-order valence-corrected chi connectivity index (χ0v) is 19.4. The van der Waals surface area contributed by atoms with Gasteiger partial charge in [0, 0.05) is 17.9 Å². The first-order valence-electron chi connectivity index (χ1n) is 12.0. The summed E-state index contributed by atoms with van der Waals surface area (Å²) in [5, 5.41) is 16.6. The first-order valence-corrected chi connectivity index (χ1v) is 12.0. The van der Waals surface area contributed by atoms with Gasteiger partial charge in [0.1, 0.15) is 11.5 Å². The molecule has 0 spiro atoms. The van der Waals surface area contributed by atoms with Crippen LogP contribution in [0.2, 0.25) is 0 Å². The molecule has 2 unspecified atom stereocenters. The summed E-state index contributed by atoms with van der Waals surface area (Å²) in [6.45, 7) is 0. The minimum atomic E-state index is -0.515. The second-order valence-electron chi connectivity index (χ2n) is 9.47. The van der Waals surface area contributed by atoms with Gasteiger partial charge in [0.2, 0.25) is 0 Å². The first kappa shape index (κ1) is 21.4. The average Bonchev–Trinajstić information content (AvgIpc) is 3.50. The van der Waals surface area contributed by atoms with Crippen molar-refractivity contribution in [1.29, 1.82) is 0 Å². The average molecular weight is 489 g/mol. The molecular weight excluding hydrogens is 470 g/mol. The molecule has 1 aromatic heterocycles. The number of nitrogens with zero attached hydrogens (tertiary/aromatic N) is 3. The van der Waals surface area contributed by atoms with Crippen LogP contribution in [0.3, 0.4) is 0 Å². The monoisotopic (exact) mass is 489 g/mol. The molecule has 0 saturated carbocycles. The molecule has 2 heterocycles. The van der Waals surface area contributed by atoms with Crippen LogP contribution in [0, 0.1) is 22.0 Å². The van der Waals surface area contributed by atoms with E-state index in [1.54, 1.807) is 30.3 Å². The fraction of sp³-hybridized carbons (Fsp3) is 0.138. The van der Waals surface area contributed by atoms with Crippen molar-refractivity contribution in [2.75, 3.05) is 0 Å². The van der Waals surface area contributed by atoms with Crippen LogP contribution < -0.4 is 0 Å². The lowest BCUT2D eigenvalue weighted by atomic mass is 9.55. The SMILES string of the molecule is O=C1C2C3c4ccccc4C(c4ccccc43)C2C(=O)N1/N=C/c1ccc(-c2ccccc2[N+](=O)[O-])o1. The fourth-order valence-electron chi connectivity index (χ4n) is 6.30. The molecule has 4 aromatic rings. The molecule has 1 aliphatic heterocycles. The number of rotatable bonds is 4. The third-order valence-corrected chi connectivity index (χ3v) is 7.72. The number of nitro benzene ring substituents is 1. The Kier molecular flexibility index (Phi) is 4.53. The number of amides is 2. The number of para-hydroxylation sites is 1. The number of nitro groups is 1. The van der Waals surface area contributed by atoms with E-state index in [2.05, 4.69) is 29.4 Å². The maximum Gasteiger partial charge on any atom is 0.280 e. The summed E-state index contributed by atoms with van der Waals surface area (Å²) in [6, 6.07) is 25.6. The molecule has 2 atom stereocenters. The molecule has 8 heteroatoms. The Morgan fingerprint density at radius 3 is 1.81 bits per heavy atom. The Labute approximate surface area is 211 Å². The second-order valence-corrected chi connectivity index (χ2v) is 9.47. The van der Waals surface area contributed by atoms with Gasteiger partial charge in [0.15, 0.2) is 0 Å². The number of hydrogen-bond acceptors (Lipinski definition) is 6. The predicted molar refractivity (Wildman–Crippen MR) is 134 cm³/mol. The highest BCUT2D eigenvalue weighted by atomic mass is 16.6. The topological polar surface area (TPSA) is 106 Å². The highest BCUT2D eigenvalue weighted by Gasteiger charge is 2.61. The number of benzene rings is 3. The van der Waals surface area contributed by atoms with Gasteiger partial charge in [0.25, 0.3) is 17.5 Å². The van der Waals surface area contributed by atoms with Crippen molar-refractivity contribution in [3.8, 4) is 11.3 Å². The van der Waals surface area contributed by atoms with Gasteiger partial charge >= 0.3 is 0 Å². The van der Waals surface area contributed by atoms with Crippen molar-refractivity contribution in [3.63, 3.8) is 0 Å². The minimum Gasteiger partial charge on any atom is -0.455 e.